The molecule has 5 heteroatoms. The smallest absolute Gasteiger partial charge is 0.410 e. The molecular weight excluding hydrogens is 258 g/mol. The minimum atomic E-state index is -0.827. The molecule has 116 valence electrons. The SMILES string of the molecule is CCOC(=O)N(CC(C)C)C1(C(=O)OCC)CCCC1. The second-order valence-electron chi connectivity index (χ2n) is 5.66. The van der Waals surface area contributed by atoms with Crippen LogP contribution in [0.15, 0.2) is 0 Å². The molecule has 0 unspecified atom stereocenters. The lowest BCUT2D eigenvalue weighted by Crippen LogP contribution is -2.57. The van der Waals surface area contributed by atoms with Crippen LogP contribution in [0.2, 0.25) is 0 Å². The van der Waals surface area contributed by atoms with E-state index in [2.05, 4.69) is 0 Å². The second-order valence-corrected chi connectivity index (χ2v) is 5.66. The highest BCUT2D eigenvalue weighted by atomic mass is 16.6. The second kappa shape index (κ2) is 7.50. The summed E-state index contributed by atoms with van der Waals surface area (Å²) in [7, 11) is 0. The summed E-state index contributed by atoms with van der Waals surface area (Å²) < 4.78 is 10.4. The molecule has 1 saturated carbocycles. The van der Waals surface area contributed by atoms with E-state index in [0.29, 0.717) is 32.6 Å². The van der Waals surface area contributed by atoms with E-state index in [0.717, 1.165) is 12.8 Å². The van der Waals surface area contributed by atoms with E-state index in [4.69, 9.17) is 9.47 Å². The summed E-state index contributed by atoms with van der Waals surface area (Å²) in [6.07, 6.45) is 2.80. The standard InChI is InChI=1S/C15H27NO4/c1-5-19-13(17)15(9-7-8-10-15)16(11-12(3)4)14(18)20-6-2/h12H,5-11H2,1-4H3. The van der Waals surface area contributed by atoms with Gasteiger partial charge in [0.25, 0.3) is 0 Å². The number of hydrogen-bond donors (Lipinski definition) is 0. The summed E-state index contributed by atoms with van der Waals surface area (Å²) in [5.41, 5.74) is -0.827. The summed E-state index contributed by atoms with van der Waals surface area (Å²) >= 11 is 0. The van der Waals surface area contributed by atoms with Crippen LogP contribution in [0.1, 0.15) is 53.4 Å². The lowest BCUT2D eigenvalue weighted by Gasteiger charge is -2.39. The Hall–Kier alpha value is -1.26. The summed E-state index contributed by atoms with van der Waals surface area (Å²) in [4.78, 5) is 26.3. The maximum Gasteiger partial charge on any atom is 0.410 e. The van der Waals surface area contributed by atoms with Crippen molar-refractivity contribution in [2.75, 3.05) is 19.8 Å². The van der Waals surface area contributed by atoms with E-state index in [-0.39, 0.29) is 11.9 Å². The van der Waals surface area contributed by atoms with Gasteiger partial charge in [0, 0.05) is 6.54 Å². The van der Waals surface area contributed by atoms with Crippen molar-refractivity contribution in [3.05, 3.63) is 0 Å². The van der Waals surface area contributed by atoms with Crippen molar-refractivity contribution in [2.45, 2.75) is 58.9 Å². The van der Waals surface area contributed by atoms with Crippen molar-refractivity contribution < 1.29 is 19.1 Å². The molecule has 0 atom stereocenters. The molecule has 5 nitrogen and oxygen atoms in total. The highest BCUT2D eigenvalue weighted by molar-refractivity contribution is 5.86. The maximum absolute atomic E-state index is 12.4. The third kappa shape index (κ3) is 3.64. The van der Waals surface area contributed by atoms with Gasteiger partial charge in [-0.15, -0.1) is 0 Å². The number of rotatable bonds is 6. The number of carbonyl (C=O) groups is 2. The first-order valence-electron chi connectivity index (χ1n) is 7.59. The van der Waals surface area contributed by atoms with E-state index in [1.165, 1.54) is 0 Å². The Labute approximate surface area is 121 Å². The Balaban J connectivity index is 3.03. The van der Waals surface area contributed by atoms with Gasteiger partial charge in [-0.25, -0.2) is 9.59 Å². The fourth-order valence-corrected chi connectivity index (χ4v) is 2.80. The Morgan fingerprint density at radius 1 is 1.10 bits per heavy atom. The molecule has 0 heterocycles. The Morgan fingerprint density at radius 2 is 1.65 bits per heavy atom. The Kier molecular flexibility index (Phi) is 6.30. The molecular formula is C15H27NO4. The molecule has 0 aromatic rings. The average Bonchev–Trinajstić information content (AvgIpc) is 2.86. The quantitative estimate of drug-likeness (QED) is 0.704. The largest absolute Gasteiger partial charge is 0.464 e. The molecule has 1 rings (SSSR count). The minimum absolute atomic E-state index is 0.270. The molecule has 1 aliphatic rings. The summed E-state index contributed by atoms with van der Waals surface area (Å²) in [6, 6.07) is 0. The molecule has 1 aliphatic carbocycles. The Bertz CT molecular complexity index is 335. The van der Waals surface area contributed by atoms with E-state index in [9.17, 15) is 9.59 Å². The first-order chi connectivity index (χ1) is 9.47. The van der Waals surface area contributed by atoms with Gasteiger partial charge >= 0.3 is 12.1 Å². The van der Waals surface area contributed by atoms with Crippen molar-refractivity contribution in [1.29, 1.82) is 0 Å². The highest BCUT2D eigenvalue weighted by Gasteiger charge is 2.50. The van der Waals surface area contributed by atoms with Crippen LogP contribution < -0.4 is 0 Å². The number of nitrogens with zero attached hydrogens (tertiary/aromatic N) is 1. The number of amides is 1. The van der Waals surface area contributed by atoms with Crippen molar-refractivity contribution in [1.82, 2.24) is 4.90 Å². The van der Waals surface area contributed by atoms with Gasteiger partial charge in [0.05, 0.1) is 13.2 Å². The summed E-state index contributed by atoms with van der Waals surface area (Å²) in [6.45, 7) is 8.78. The van der Waals surface area contributed by atoms with E-state index in [1.807, 2.05) is 13.8 Å². The third-order valence-electron chi connectivity index (χ3n) is 3.64. The van der Waals surface area contributed by atoms with Crippen LogP contribution in [0, 0.1) is 5.92 Å². The predicted octanol–water partition coefficient (Wildman–Crippen LogP) is 2.98. The van der Waals surface area contributed by atoms with Gasteiger partial charge in [-0.05, 0) is 32.6 Å². The molecule has 0 aromatic heterocycles. The first-order valence-corrected chi connectivity index (χ1v) is 7.59. The first kappa shape index (κ1) is 16.8. The van der Waals surface area contributed by atoms with E-state index >= 15 is 0 Å². The maximum atomic E-state index is 12.4. The van der Waals surface area contributed by atoms with E-state index in [1.54, 1.807) is 18.7 Å². The van der Waals surface area contributed by atoms with Gasteiger partial charge < -0.3 is 9.47 Å². The predicted molar refractivity (Wildman–Crippen MR) is 76.4 cm³/mol. The molecule has 0 aromatic carbocycles. The van der Waals surface area contributed by atoms with Crippen LogP contribution in [0.3, 0.4) is 0 Å². The molecule has 1 amide bonds. The van der Waals surface area contributed by atoms with Gasteiger partial charge in [-0.1, -0.05) is 26.7 Å². The van der Waals surface area contributed by atoms with Crippen LogP contribution in [0.5, 0.6) is 0 Å². The lowest BCUT2D eigenvalue weighted by molar-refractivity contribution is -0.157. The molecule has 0 radical (unpaired) electrons. The molecule has 1 fully saturated rings. The van der Waals surface area contributed by atoms with Gasteiger partial charge in [0.1, 0.15) is 5.54 Å². The number of ether oxygens (including phenoxy) is 2. The monoisotopic (exact) mass is 285 g/mol. The fraction of sp³-hybridized carbons (Fsp3) is 0.867. The lowest BCUT2D eigenvalue weighted by atomic mass is 9.94. The van der Waals surface area contributed by atoms with Gasteiger partial charge in [-0.2, -0.15) is 0 Å². The van der Waals surface area contributed by atoms with Gasteiger partial charge in [-0.3, -0.25) is 4.90 Å². The van der Waals surface area contributed by atoms with Gasteiger partial charge in [0.15, 0.2) is 0 Å². The minimum Gasteiger partial charge on any atom is -0.464 e. The number of carbonyl (C=O) groups excluding carboxylic acids is 2. The molecule has 0 spiro atoms. The van der Waals surface area contributed by atoms with Crippen molar-refractivity contribution in [3.8, 4) is 0 Å². The van der Waals surface area contributed by atoms with Crippen molar-refractivity contribution in [3.63, 3.8) is 0 Å². The number of esters is 1. The van der Waals surface area contributed by atoms with Crippen LogP contribution in [0.4, 0.5) is 4.79 Å². The molecule has 0 aliphatic heterocycles. The fourth-order valence-electron chi connectivity index (χ4n) is 2.80. The van der Waals surface area contributed by atoms with Crippen LogP contribution in [-0.4, -0.2) is 42.3 Å². The van der Waals surface area contributed by atoms with E-state index < -0.39 is 11.6 Å². The Morgan fingerprint density at radius 3 is 2.10 bits per heavy atom. The summed E-state index contributed by atoms with van der Waals surface area (Å²) in [5, 5.41) is 0. The van der Waals surface area contributed by atoms with Crippen LogP contribution in [-0.2, 0) is 14.3 Å². The van der Waals surface area contributed by atoms with Crippen molar-refractivity contribution >= 4 is 12.1 Å². The topological polar surface area (TPSA) is 55.8 Å². The third-order valence-corrected chi connectivity index (χ3v) is 3.64. The summed E-state index contributed by atoms with van der Waals surface area (Å²) in [5.74, 6) is -0.0162. The zero-order chi connectivity index (χ0) is 15.2. The normalized spacial score (nSPS) is 17.1. The van der Waals surface area contributed by atoms with Crippen LogP contribution in [0.25, 0.3) is 0 Å². The van der Waals surface area contributed by atoms with Crippen LogP contribution >= 0.6 is 0 Å². The highest BCUT2D eigenvalue weighted by Crippen LogP contribution is 2.37. The zero-order valence-electron chi connectivity index (χ0n) is 13.1. The number of hydrogen-bond acceptors (Lipinski definition) is 4. The molecule has 0 N–H and O–H groups in total. The molecule has 20 heavy (non-hydrogen) atoms. The zero-order valence-corrected chi connectivity index (χ0v) is 13.1. The van der Waals surface area contributed by atoms with Crippen molar-refractivity contribution in [2.24, 2.45) is 5.92 Å². The average molecular weight is 285 g/mol. The molecule has 0 bridgehead atoms. The molecule has 0 saturated heterocycles. The van der Waals surface area contributed by atoms with Gasteiger partial charge in [0.2, 0.25) is 0 Å².